The zero-order chi connectivity index (χ0) is 23.4. The number of hydrogen-bond acceptors (Lipinski definition) is 5. The average molecular weight is 450 g/mol. The minimum atomic E-state index is -1.35. The summed E-state index contributed by atoms with van der Waals surface area (Å²) in [5, 5.41) is 23.2. The monoisotopic (exact) mass is 450 g/mol. The molecule has 8 nitrogen and oxygen atoms in total. The summed E-state index contributed by atoms with van der Waals surface area (Å²) < 4.78 is 5.56. The van der Waals surface area contributed by atoms with Gasteiger partial charge in [-0.1, -0.05) is 60.7 Å². The number of aliphatic carboxylic acids is 1. The number of benzene rings is 2. The van der Waals surface area contributed by atoms with Gasteiger partial charge in [0.25, 0.3) is 0 Å². The molecular weight excluding hydrogens is 424 g/mol. The molecule has 2 aromatic carbocycles. The van der Waals surface area contributed by atoms with Crippen molar-refractivity contribution in [3.63, 3.8) is 0 Å². The fraction of sp³-hybridized carbons (Fsp3) is 0.320. The number of carboxylic acid groups (broad SMARTS) is 1. The van der Waals surface area contributed by atoms with Gasteiger partial charge in [-0.25, -0.2) is 9.59 Å². The van der Waals surface area contributed by atoms with E-state index < -0.39 is 42.6 Å². The molecular formula is C25H26N2O6. The van der Waals surface area contributed by atoms with Crippen molar-refractivity contribution >= 4 is 18.0 Å². The Morgan fingerprint density at radius 2 is 1.67 bits per heavy atom. The normalized spacial score (nSPS) is 19.8. The second-order valence-corrected chi connectivity index (χ2v) is 8.25. The topological polar surface area (TPSA) is 125 Å². The molecule has 33 heavy (non-hydrogen) atoms. The minimum Gasteiger partial charge on any atom is -0.480 e. The van der Waals surface area contributed by atoms with E-state index in [0.717, 1.165) is 22.3 Å². The van der Waals surface area contributed by atoms with Gasteiger partial charge in [0.2, 0.25) is 5.91 Å². The van der Waals surface area contributed by atoms with Crippen molar-refractivity contribution in [2.45, 2.75) is 30.8 Å². The standard InChI is InChI=1S/C25H26N2O6/c28-13-22(24(30)31)27-23(29)15-6-5-7-16(12-15)26-25(32)33-14-21-19-10-3-1-8-17(19)18-9-2-4-11-20(18)21/h1-5,7-11,15-16,21-22,28H,6,12-14H2,(H,26,32)(H,27,29)(H,30,31)/t15-,16-,22?/m1/s1. The summed E-state index contributed by atoms with van der Waals surface area (Å²) in [5.74, 6) is -2.33. The molecule has 2 aliphatic rings. The number of rotatable bonds is 7. The van der Waals surface area contributed by atoms with Gasteiger partial charge in [0.05, 0.1) is 12.6 Å². The molecule has 2 aromatic rings. The number of carboxylic acids is 1. The first-order valence-electron chi connectivity index (χ1n) is 10.9. The quantitative estimate of drug-likeness (QED) is 0.480. The van der Waals surface area contributed by atoms with Gasteiger partial charge in [0, 0.05) is 11.8 Å². The Kier molecular flexibility index (Phi) is 6.74. The molecule has 0 saturated carbocycles. The number of allylic oxidation sites excluding steroid dienone is 1. The molecule has 1 unspecified atom stereocenters. The Labute approximate surface area is 191 Å². The smallest absolute Gasteiger partial charge is 0.407 e. The van der Waals surface area contributed by atoms with E-state index in [0.29, 0.717) is 12.8 Å². The number of alkyl carbamates (subject to hydrolysis) is 1. The molecule has 0 saturated heterocycles. The van der Waals surface area contributed by atoms with Crippen molar-refractivity contribution in [1.29, 1.82) is 0 Å². The number of amides is 2. The maximum Gasteiger partial charge on any atom is 0.407 e. The maximum atomic E-state index is 12.5. The Bertz CT molecular complexity index is 1040. The number of hydrogen-bond donors (Lipinski definition) is 4. The van der Waals surface area contributed by atoms with E-state index in [-0.39, 0.29) is 12.5 Å². The second kappa shape index (κ2) is 9.87. The van der Waals surface area contributed by atoms with Crippen molar-refractivity contribution in [3.05, 3.63) is 71.8 Å². The lowest BCUT2D eigenvalue weighted by Crippen LogP contribution is -2.47. The number of aliphatic hydroxyl groups is 1. The van der Waals surface area contributed by atoms with Crippen molar-refractivity contribution in [2.24, 2.45) is 5.92 Å². The van der Waals surface area contributed by atoms with Crippen molar-refractivity contribution < 1.29 is 29.3 Å². The highest BCUT2D eigenvalue weighted by Crippen LogP contribution is 2.44. The van der Waals surface area contributed by atoms with Crippen LogP contribution in [0.3, 0.4) is 0 Å². The number of aliphatic hydroxyl groups excluding tert-OH is 1. The SMILES string of the molecule is O=C(N[C@@H]1C=CC[C@@H](C(=O)NC(CO)C(=O)O)C1)OCC1c2ccccc2-c2ccccc21. The summed E-state index contributed by atoms with van der Waals surface area (Å²) in [6.45, 7) is -0.498. The lowest BCUT2D eigenvalue weighted by molar-refractivity contribution is -0.143. The van der Waals surface area contributed by atoms with E-state index in [1.807, 2.05) is 36.4 Å². The maximum absolute atomic E-state index is 12.5. The summed E-state index contributed by atoms with van der Waals surface area (Å²) >= 11 is 0. The molecule has 0 spiro atoms. The van der Waals surface area contributed by atoms with Gasteiger partial charge in [-0.15, -0.1) is 0 Å². The summed E-state index contributed by atoms with van der Waals surface area (Å²) in [6.07, 6.45) is 3.73. The van der Waals surface area contributed by atoms with Gasteiger partial charge < -0.3 is 25.6 Å². The lowest BCUT2D eigenvalue weighted by atomic mass is 9.90. The van der Waals surface area contributed by atoms with E-state index in [1.54, 1.807) is 12.2 Å². The van der Waals surface area contributed by atoms with Crippen LogP contribution >= 0.6 is 0 Å². The third-order valence-electron chi connectivity index (χ3n) is 6.14. The largest absolute Gasteiger partial charge is 0.480 e. The van der Waals surface area contributed by atoms with Crippen LogP contribution in [0.5, 0.6) is 0 Å². The van der Waals surface area contributed by atoms with Crippen LogP contribution in [-0.4, -0.2) is 53.5 Å². The molecule has 4 rings (SSSR count). The molecule has 0 radical (unpaired) electrons. The van der Waals surface area contributed by atoms with Crippen molar-refractivity contribution in [3.8, 4) is 11.1 Å². The van der Waals surface area contributed by atoms with Crippen molar-refractivity contribution in [2.75, 3.05) is 13.2 Å². The van der Waals surface area contributed by atoms with Crippen LogP contribution < -0.4 is 10.6 Å². The van der Waals surface area contributed by atoms with Gasteiger partial charge in [-0.3, -0.25) is 4.79 Å². The summed E-state index contributed by atoms with van der Waals surface area (Å²) in [5.41, 5.74) is 4.54. The number of fused-ring (bicyclic) bond motifs is 3. The summed E-state index contributed by atoms with van der Waals surface area (Å²) in [4.78, 5) is 35.9. The third-order valence-corrected chi connectivity index (χ3v) is 6.14. The van der Waals surface area contributed by atoms with Crippen LogP contribution in [-0.2, 0) is 14.3 Å². The molecule has 0 fully saturated rings. The molecule has 4 N–H and O–H groups in total. The average Bonchev–Trinajstić information content (AvgIpc) is 3.14. The van der Waals surface area contributed by atoms with E-state index in [9.17, 15) is 14.4 Å². The number of ether oxygens (including phenoxy) is 1. The minimum absolute atomic E-state index is 0.0463. The first-order valence-corrected chi connectivity index (χ1v) is 10.9. The van der Waals surface area contributed by atoms with Crippen LogP contribution in [0, 0.1) is 5.92 Å². The van der Waals surface area contributed by atoms with E-state index in [2.05, 4.69) is 22.8 Å². The molecule has 2 amide bonds. The van der Waals surface area contributed by atoms with Crippen LogP contribution in [0.25, 0.3) is 11.1 Å². The third kappa shape index (κ3) is 4.90. The zero-order valence-corrected chi connectivity index (χ0v) is 17.9. The molecule has 172 valence electrons. The highest BCUT2D eigenvalue weighted by molar-refractivity contribution is 5.85. The molecule has 0 aliphatic heterocycles. The summed E-state index contributed by atoms with van der Waals surface area (Å²) in [7, 11) is 0. The Morgan fingerprint density at radius 3 is 2.27 bits per heavy atom. The predicted molar refractivity (Wildman–Crippen MR) is 121 cm³/mol. The van der Waals surface area contributed by atoms with Gasteiger partial charge >= 0.3 is 12.1 Å². The lowest BCUT2D eigenvalue weighted by Gasteiger charge is -2.26. The van der Waals surface area contributed by atoms with Crippen molar-refractivity contribution in [1.82, 2.24) is 10.6 Å². The number of carbonyl (C=O) groups is 3. The Morgan fingerprint density at radius 1 is 1.03 bits per heavy atom. The predicted octanol–water partition coefficient (Wildman–Crippen LogP) is 2.42. The van der Waals surface area contributed by atoms with Gasteiger partial charge in [0.1, 0.15) is 12.6 Å². The van der Waals surface area contributed by atoms with Crippen LogP contribution in [0.15, 0.2) is 60.7 Å². The molecule has 2 aliphatic carbocycles. The van der Waals surface area contributed by atoms with Crippen LogP contribution in [0.4, 0.5) is 4.79 Å². The highest BCUT2D eigenvalue weighted by Gasteiger charge is 2.31. The fourth-order valence-corrected chi connectivity index (χ4v) is 4.48. The molecule has 0 bridgehead atoms. The first-order chi connectivity index (χ1) is 16.0. The van der Waals surface area contributed by atoms with Gasteiger partial charge in [-0.05, 0) is 35.1 Å². The van der Waals surface area contributed by atoms with E-state index >= 15 is 0 Å². The Hall–Kier alpha value is -3.65. The number of carbonyl (C=O) groups excluding carboxylic acids is 2. The molecule has 0 aromatic heterocycles. The Balaban J connectivity index is 1.33. The zero-order valence-electron chi connectivity index (χ0n) is 17.9. The molecule has 0 heterocycles. The second-order valence-electron chi connectivity index (χ2n) is 8.25. The van der Waals surface area contributed by atoms with Crippen LogP contribution in [0.2, 0.25) is 0 Å². The van der Waals surface area contributed by atoms with E-state index in [1.165, 1.54) is 0 Å². The highest BCUT2D eigenvalue weighted by atomic mass is 16.5. The summed E-state index contributed by atoms with van der Waals surface area (Å²) in [6, 6.07) is 14.4. The molecule has 8 heteroatoms. The van der Waals surface area contributed by atoms with E-state index in [4.69, 9.17) is 14.9 Å². The fourth-order valence-electron chi connectivity index (χ4n) is 4.48. The van der Waals surface area contributed by atoms with Gasteiger partial charge in [-0.2, -0.15) is 0 Å². The molecule has 3 atom stereocenters. The first kappa shape index (κ1) is 22.5. The van der Waals surface area contributed by atoms with Crippen LogP contribution in [0.1, 0.15) is 29.9 Å². The number of nitrogens with one attached hydrogen (secondary N) is 2. The van der Waals surface area contributed by atoms with Gasteiger partial charge in [0.15, 0.2) is 0 Å².